The summed E-state index contributed by atoms with van der Waals surface area (Å²) in [6, 6.07) is 41.7. The van der Waals surface area contributed by atoms with Gasteiger partial charge in [0.25, 0.3) is 23.6 Å². The number of anilines is 4. The number of aldehydes is 1. The number of nitrogens with zero attached hydrogens (tertiary/aromatic N) is 12. The van der Waals surface area contributed by atoms with Crippen LogP contribution in [0.3, 0.4) is 0 Å². The number of alkyl halides is 3. The molecule has 129 heavy (non-hydrogen) atoms. The van der Waals surface area contributed by atoms with E-state index in [1.807, 2.05) is 18.2 Å². The fourth-order valence-corrected chi connectivity index (χ4v) is 19.7. The van der Waals surface area contributed by atoms with E-state index < -0.39 is 59.6 Å². The minimum atomic E-state index is -3.82. The highest BCUT2D eigenvalue weighted by Gasteiger charge is 2.39. The van der Waals surface area contributed by atoms with Crippen molar-refractivity contribution in [2.45, 2.75) is 107 Å². The summed E-state index contributed by atoms with van der Waals surface area (Å²) in [6.45, 7) is -0.810. The van der Waals surface area contributed by atoms with Crippen LogP contribution in [0.2, 0.25) is 20.1 Å². The SMILES string of the molecule is CNC(=O)c1c2cc(C3CC3)c(N(CCC(F)F)S(C)(=O)=O)cc2nn1-c1ccc(Cl)cc1.CNC(=O)c1c2cc(C3CC3)c(N(CCC=O)S(C)(=O)=O)cc2nn1-c1ccc(Cl)cc1.CNC(=O)c1c2cc(C3CC3)c(N(CCCF)S(C)(=O)=O)cc2nn1-c1ccc(Cl)cc1.CNC(=O)c1c2cc(C3CC3)c(N(CCCO)S(C)(=O)=O)cc2nn1-c1ccc(Cl)cc1. The van der Waals surface area contributed by atoms with Crippen molar-refractivity contribution in [2.75, 3.05) is 110 Å². The third kappa shape index (κ3) is 21.9. The average molecular weight is 1930 g/mol. The molecule has 0 radical (unpaired) electrons. The molecule has 4 amide bonds. The van der Waals surface area contributed by atoms with Crippen LogP contribution in [0.5, 0.6) is 0 Å². The fourth-order valence-electron chi connectivity index (χ4n) is 15.4. The number of carbonyl (C=O) groups is 5. The molecule has 4 aliphatic rings. The minimum absolute atomic E-state index is 0.0424. The van der Waals surface area contributed by atoms with Gasteiger partial charge in [-0.15, -0.1) is 0 Å². The number of carbonyl (C=O) groups excluding carboxylic acids is 5. The Bertz CT molecular complexity index is 6560. The highest BCUT2D eigenvalue weighted by Crippen LogP contribution is 2.51. The molecule has 4 aliphatic carbocycles. The Morgan fingerprint density at radius 1 is 0.403 bits per heavy atom. The van der Waals surface area contributed by atoms with Gasteiger partial charge in [-0.1, -0.05) is 46.4 Å². The Morgan fingerprint density at radius 2 is 0.636 bits per heavy atom. The van der Waals surface area contributed by atoms with Crippen LogP contribution in [0.4, 0.5) is 35.9 Å². The molecule has 4 aromatic heterocycles. The van der Waals surface area contributed by atoms with E-state index in [1.54, 1.807) is 153 Å². The molecule has 5 N–H and O–H groups in total. The lowest BCUT2D eigenvalue weighted by Crippen LogP contribution is -2.32. The Hall–Kier alpha value is -10.9. The fraction of sp³-hybridized carbons (Fsp3) is 0.352. The summed E-state index contributed by atoms with van der Waals surface area (Å²) in [7, 11) is -8.48. The van der Waals surface area contributed by atoms with E-state index in [0.717, 1.165) is 97.4 Å². The third-order valence-electron chi connectivity index (χ3n) is 22.1. The zero-order valence-electron chi connectivity index (χ0n) is 71.4. The number of halogens is 7. The van der Waals surface area contributed by atoms with Crippen molar-refractivity contribution in [1.82, 2.24) is 60.4 Å². The van der Waals surface area contributed by atoms with Crippen LogP contribution in [-0.4, -0.2) is 207 Å². The number of hydrogen-bond donors (Lipinski definition) is 5. The maximum Gasteiger partial charge on any atom is 0.270 e. The predicted octanol–water partition coefficient (Wildman–Crippen LogP) is 14.7. The van der Waals surface area contributed by atoms with Crippen LogP contribution in [0.25, 0.3) is 66.4 Å². The number of fused-ring (bicyclic) bond motifs is 4. The second kappa shape index (κ2) is 39.8. The van der Waals surface area contributed by atoms with Crippen molar-refractivity contribution in [2.24, 2.45) is 0 Å². The van der Waals surface area contributed by atoms with Crippen LogP contribution in [-0.2, 0) is 44.9 Å². The van der Waals surface area contributed by atoms with Crippen LogP contribution < -0.4 is 38.5 Å². The Kier molecular flexibility index (Phi) is 29.5. The number of hydrogen-bond acceptors (Lipinski definition) is 18. The minimum Gasteiger partial charge on any atom is -0.396 e. The molecule has 12 aromatic rings. The van der Waals surface area contributed by atoms with Gasteiger partial charge in [0.2, 0.25) is 46.5 Å². The lowest BCUT2D eigenvalue weighted by molar-refractivity contribution is -0.107. The summed E-state index contributed by atoms with van der Waals surface area (Å²) in [5.74, 6) is -0.559. The molecular weight excluding hydrogens is 1830 g/mol. The molecule has 684 valence electrons. The van der Waals surface area contributed by atoms with Crippen molar-refractivity contribution in [3.05, 3.63) is 211 Å². The van der Waals surface area contributed by atoms with Gasteiger partial charge in [0.1, 0.15) is 29.1 Å². The van der Waals surface area contributed by atoms with Crippen LogP contribution >= 0.6 is 46.4 Å². The number of amides is 4. The number of aromatic nitrogens is 8. The zero-order chi connectivity index (χ0) is 93.0. The van der Waals surface area contributed by atoms with Crippen molar-refractivity contribution >= 4 is 183 Å². The number of aliphatic hydroxyl groups is 1. The zero-order valence-corrected chi connectivity index (χ0v) is 77.7. The molecule has 0 aliphatic heterocycles. The summed E-state index contributed by atoms with van der Waals surface area (Å²) in [6.07, 6.45) is 9.73. The number of sulfonamides is 4. The first-order chi connectivity index (χ1) is 61.3. The van der Waals surface area contributed by atoms with E-state index in [-0.39, 0.29) is 92.9 Å². The van der Waals surface area contributed by atoms with Crippen LogP contribution in [0.15, 0.2) is 146 Å². The smallest absolute Gasteiger partial charge is 0.270 e. The maximum atomic E-state index is 12.9. The first kappa shape index (κ1) is 95.7. The Labute approximate surface area is 764 Å². The average Bonchev–Trinajstić information content (AvgIpc) is 1.60. The van der Waals surface area contributed by atoms with Crippen molar-refractivity contribution in [1.29, 1.82) is 0 Å². The van der Waals surface area contributed by atoms with E-state index in [1.165, 1.54) is 34.0 Å². The van der Waals surface area contributed by atoms with Gasteiger partial charge < -0.3 is 31.2 Å². The van der Waals surface area contributed by atoms with Gasteiger partial charge in [-0.25, -0.2) is 61.2 Å². The first-order valence-electron chi connectivity index (χ1n) is 41.3. The summed E-state index contributed by atoms with van der Waals surface area (Å²) in [5, 5.41) is 43.0. The van der Waals surface area contributed by atoms with Gasteiger partial charge in [0.15, 0.2) is 0 Å². The largest absolute Gasteiger partial charge is 0.396 e. The summed E-state index contributed by atoms with van der Waals surface area (Å²) in [4.78, 5) is 62.2. The van der Waals surface area contributed by atoms with Crippen molar-refractivity contribution in [3.8, 4) is 22.7 Å². The molecule has 4 fully saturated rings. The first-order valence-corrected chi connectivity index (χ1v) is 50.2. The molecular formula is C88H95Cl4F3N16O14S4. The second-order valence-electron chi connectivity index (χ2n) is 31.7. The number of aliphatic hydroxyl groups excluding tert-OH is 1. The Balaban J connectivity index is 0.000000147. The van der Waals surface area contributed by atoms with Gasteiger partial charge in [0.05, 0.1) is 99.3 Å². The topological polar surface area (TPSA) is 374 Å². The molecule has 4 saturated carbocycles. The molecule has 0 unspecified atom stereocenters. The normalized spacial score (nSPS) is 14.0. The van der Waals surface area contributed by atoms with E-state index in [9.17, 15) is 75.9 Å². The van der Waals surface area contributed by atoms with Gasteiger partial charge in [-0.2, -0.15) is 20.4 Å². The van der Waals surface area contributed by atoms with Crippen molar-refractivity contribution < 1.29 is 75.9 Å². The highest BCUT2D eigenvalue weighted by atomic mass is 35.5. The molecule has 0 spiro atoms. The quantitative estimate of drug-likeness (QED) is 0.0244. The van der Waals surface area contributed by atoms with Gasteiger partial charge >= 0.3 is 0 Å². The van der Waals surface area contributed by atoms with E-state index in [2.05, 4.69) is 41.7 Å². The Morgan fingerprint density at radius 3 is 0.837 bits per heavy atom. The molecule has 8 aromatic carbocycles. The predicted molar refractivity (Wildman–Crippen MR) is 498 cm³/mol. The monoisotopic (exact) mass is 1920 g/mol. The van der Waals surface area contributed by atoms with E-state index in [0.29, 0.717) is 150 Å². The second-order valence-corrected chi connectivity index (χ2v) is 41.0. The van der Waals surface area contributed by atoms with Crippen LogP contribution in [0.1, 0.15) is 165 Å². The highest BCUT2D eigenvalue weighted by molar-refractivity contribution is 7.93. The molecule has 30 nitrogen and oxygen atoms in total. The number of nitrogens with one attached hydrogen (secondary N) is 4. The number of rotatable bonds is 32. The van der Waals surface area contributed by atoms with Gasteiger partial charge in [0, 0.05) is 115 Å². The van der Waals surface area contributed by atoms with Crippen molar-refractivity contribution in [3.63, 3.8) is 0 Å². The molecule has 16 rings (SSSR count). The maximum absolute atomic E-state index is 12.9. The summed E-state index contributed by atoms with van der Waals surface area (Å²) < 4.78 is 150. The third-order valence-corrected chi connectivity index (χ3v) is 27.8. The lowest BCUT2D eigenvalue weighted by atomic mass is 10.0. The van der Waals surface area contributed by atoms with E-state index >= 15 is 0 Å². The molecule has 0 bridgehead atoms. The molecule has 4 heterocycles. The lowest BCUT2D eigenvalue weighted by Gasteiger charge is -2.25. The molecule has 0 saturated heterocycles. The van der Waals surface area contributed by atoms with Gasteiger partial charge in [-0.3, -0.25) is 40.8 Å². The molecule has 41 heteroatoms. The summed E-state index contributed by atoms with van der Waals surface area (Å²) in [5.41, 5.74) is 11.0. The van der Waals surface area contributed by atoms with E-state index in [4.69, 9.17) is 46.4 Å². The molecule has 0 atom stereocenters. The van der Waals surface area contributed by atoms with Crippen LogP contribution in [0, 0.1) is 0 Å². The van der Waals surface area contributed by atoms with Gasteiger partial charge in [-0.05, 0) is 256 Å². The standard InChI is InChI=1S/C22H23ClF2N4O3S.C22H24ClFN4O3S.C22H25ClN4O4S.C22H23ClN4O4S/c1-26-22(30)21-17-11-16(13-3-4-13)19(28(33(2,31)32)10-9-20(24)25)12-18(17)27-29(21)15-7-5-14(23)6-8-15;1-25-22(29)21-18-12-17(14-4-5-14)20(27(11-3-10-24)32(2,30)31)13-19(18)26-28(21)16-8-6-15(23)7-9-16;2*1-24-22(29)21-18-12-17(14-4-5-14)20(26(10-3-11-28)32(2,30)31)13-19(18)25-27(21)16-8-6-15(23)7-9-16/h5-8,11-13,20H,3-4,9-10H2,1-2H3,(H,26,30);6-9,12-14H,3-5,10-11H2,1-2H3,(H,25,29);6-9,12-14,28H,3-5,10-11H2,1-2H3,(H,24,29);6-9,11-14H,3-5,10H2,1-2H3,(H,24,29). The summed E-state index contributed by atoms with van der Waals surface area (Å²) >= 11 is 24.0. The number of benzene rings is 8.